The Morgan fingerprint density at radius 2 is 2.05 bits per heavy atom. The average molecular weight is 285 g/mol. The maximum atomic E-state index is 11.1. The quantitative estimate of drug-likeness (QED) is 0.631. The normalized spacial score (nSPS) is 18.4. The summed E-state index contributed by atoms with van der Waals surface area (Å²) in [6, 6.07) is 4.78. The molecule has 1 aliphatic rings. The summed E-state index contributed by atoms with van der Waals surface area (Å²) in [5, 5.41) is 11.5. The second kappa shape index (κ2) is 5.35. The van der Waals surface area contributed by atoms with E-state index in [2.05, 4.69) is 6.92 Å². The van der Waals surface area contributed by atoms with E-state index in [9.17, 15) is 10.1 Å². The number of para-hydroxylation sites is 1. The van der Waals surface area contributed by atoms with Crippen LogP contribution < -0.4 is 4.90 Å². The van der Waals surface area contributed by atoms with Crippen molar-refractivity contribution in [2.24, 2.45) is 0 Å². The first-order valence-corrected chi connectivity index (χ1v) is 6.58. The zero-order valence-corrected chi connectivity index (χ0v) is 11.8. The summed E-state index contributed by atoms with van der Waals surface area (Å²) in [6.45, 7) is 3.47. The van der Waals surface area contributed by atoms with Crippen molar-refractivity contribution in [2.45, 2.75) is 25.4 Å². The highest BCUT2D eigenvalue weighted by Gasteiger charge is 2.32. The number of hydrogen-bond acceptors (Lipinski definition) is 4. The lowest BCUT2D eigenvalue weighted by molar-refractivity contribution is -0.384. The molecule has 0 atom stereocenters. The molecule has 1 fully saturated rings. The van der Waals surface area contributed by atoms with Crippen molar-refractivity contribution < 1.29 is 9.66 Å². The first-order chi connectivity index (χ1) is 8.97. The third-order valence-corrected chi connectivity index (χ3v) is 4.10. The molecule has 1 heterocycles. The molecule has 0 amide bonds. The number of nitro groups is 1. The number of hydrogen-bond donors (Lipinski definition) is 0. The second-order valence-corrected chi connectivity index (χ2v) is 5.41. The number of benzene rings is 1. The lowest BCUT2D eigenvalue weighted by Gasteiger charge is -2.39. The van der Waals surface area contributed by atoms with Crippen molar-refractivity contribution in [3.05, 3.63) is 33.3 Å². The molecule has 104 valence electrons. The highest BCUT2D eigenvalue weighted by atomic mass is 35.5. The van der Waals surface area contributed by atoms with E-state index in [1.54, 1.807) is 19.2 Å². The lowest BCUT2D eigenvalue weighted by atomic mass is 9.93. The van der Waals surface area contributed by atoms with Gasteiger partial charge in [0.15, 0.2) is 0 Å². The Kier molecular flexibility index (Phi) is 3.96. The topological polar surface area (TPSA) is 55.6 Å². The van der Waals surface area contributed by atoms with Crippen LogP contribution in [0.15, 0.2) is 18.2 Å². The van der Waals surface area contributed by atoms with Crippen LogP contribution in [0.25, 0.3) is 0 Å². The number of methoxy groups -OCH3 is 1. The number of halogens is 1. The number of nitrogens with zero attached hydrogens (tertiary/aromatic N) is 2. The number of rotatable bonds is 3. The van der Waals surface area contributed by atoms with Crippen molar-refractivity contribution in [1.82, 2.24) is 0 Å². The molecule has 0 radical (unpaired) electrons. The summed E-state index contributed by atoms with van der Waals surface area (Å²) in [4.78, 5) is 12.7. The Hall–Kier alpha value is -1.33. The minimum Gasteiger partial charge on any atom is -0.378 e. The SMILES string of the molecule is COC1(C)CCN(c2c(Cl)cccc2[N+](=O)[O-])CC1. The van der Waals surface area contributed by atoms with Gasteiger partial charge in [0, 0.05) is 26.3 Å². The zero-order chi connectivity index (χ0) is 14.0. The number of nitro benzene ring substituents is 1. The van der Waals surface area contributed by atoms with Crippen LogP contribution in [-0.2, 0) is 4.74 Å². The van der Waals surface area contributed by atoms with Crippen LogP contribution in [0.5, 0.6) is 0 Å². The van der Waals surface area contributed by atoms with Gasteiger partial charge in [-0.2, -0.15) is 0 Å². The fourth-order valence-electron chi connectivity index (χ4n) is 2.37. The fourth-order valence-corrected chi connectivity index (χ4v) is 2.66. The van der Waals surface area contributed by atoms with Crippen molar-refractivity contribution in [3.63, 3.8) is 0 Å². The average Bonchev–Trinajstić information content (AvgIpc) is 2.40. The Balaban J connectivity index is 2.27. The molecule has 0 saturated carbocycles. The molecule has 1 aromatic rings. The molecule has 1 aliphatic heterocycles. The molecular formula is C13H17ClN2O3. The van der Waals surface area contributed by atoms with E-state index in [0.717, 1.165) is 12.8 Å². The van der Waals surface area contributed by atoms with Crippen LogP contribution in [-0.4, -0.2) is 30.7 Å². The van der Waals surface area contributed by atoms with E-state index < -0.39 is 0 Å². The van der Waals surface area contributed by atoms with Gasteiger partial charge in [0.25, 0.3) is 5.69 Å². The molecular weight excluding hydrogens is 268 g/mol. The highest BCUT2D eigenvalue weighted by molar-refractivity contribution is 6.33. The minimum atomic E-state index is -0.384. The largest absolute Gasteiger partial charge is 0.378 e. The van der Waals surface area contributed by atoms with E-state index in [0.29, 0.717) is 23.8 Å². The zero-order valence-electron chi connectivity index (χ0n) is 11.1. The number of anilines is 1. The van der Waals surface area contributed by atoms with Crippen molar-refractivity contribution in [1.29, 1.82) is 0 Å². The number of ether oxygens (including phenoxy) is 1. The fraction of sp³-hybridized carbons (Fsp3) is 0.538. The van der Waals surface area contributed by atoms with Crippen LogP contribution in [0.4, 0.5) is 11.4 Å². The van der Waals surface area contributed by atoms with Gasteiger partial charge < -0.3 is 9.64 Å². The Morgan fingerprint density at radius 3 is 2.58 bits per heavy atom. The Morgan fingerprint density at radius 1 is 1.42 bits per heavy atom. The molecule has 0 unspecified atom stereocenters. The standard InChI is InChI=1S/C13H17ClN2O3/c1-13(19-2)6-8-15(9-7-13)12-10(14)4-3-5-11(12)16(17)18/h3-5H,6-9H2,1-2H3. The maximum absolute atomic E-state index is 11.1. The van der Waals surface area contributed by atoms with Gasteiger partial charge in [-0.05, 0) is 25.8 Å². The van der Waals surface area contributed by atoms with E-state index in [-0.39, 0.29) is 16.2 Å². The lowest BCUT2D eigenvalue weighted by Crippen LogP contribution is -2.44. The summed E-state index contributed by atoms with van der Waals surface area (Å²) in [5.41, 5.74) is 0.438. The molecule has 0 spiro atoms. The van der Waals surface area contributed by atoms with E-state index in [4.69, 9.17) is 16.3 Å². The van der Waals surface area contributed by atoms with Gasteiger partial charge in [-0.3, -0.25) is 10.1 Å². The van der Waals surface area contributed by atoms with Gasteiger partial charge in [-0.25, -0.2) is 0 Å². The summed E-state index contributed by atoms with van der Waals surface area (Å²) < 4.78 is 5.48. The summed E-state index contributed by atoms with van der Waals surface area (Å²) in [6.07, 6.45) is 1.65. The first-order valence-electron chi connectivity index (χ1n) is 6.20. The Labute approximate surface area is 117 Å². The minimum absolute atomic E-state index is 0.0634. The molecule has 1 aromatic carbocycles. The van der Waals surface area contributed by atoms with Crippen LogP contribution in [0.2, 0.25) is 5.02 Å². The van der Waals surface area contributed by atoms with Gasteiger partial charge in [-0.1, -0.05) is 17.7 Å². The van der Waals surface area contributed by atoms with Gasteiger partial charge >= 0.3 is 0 Å². The molecule has 19 heavy (non-hydrogen) atoms. The van der Waals surface area contributed by atoms with Crippen molar-refractivity contribution in [3.8, 4) is 0 Å². The number of piperidine rings is 1. The first kappa shape index (κ1) is 14.1. The predicted octanol–water partition coefficient (Wildman–Crippen LogP) is 3.25. The third-order valence-electron chi connectivity index (χ3n) is 3.79. The summed E-state index contributed by atoms with van der Waals surface area (Å²) >= 11 is 6.13. The predicted molar refractivity (Wildman–Crippen MR) is 75.0 cm³/mol. The Bertz CT molecular complexity index is 485. The van der Waals surface area contributed by atoms with Crippen molar-refractivity contribution >= 4 is 23.0 Å². The molecule has 2 rings (SSSR count). The van der Waals surface area contributed by atoms with Crippen LogP contribution in [0.1, 0.15) is 19.8 Å². The molecule has 0 N–H and O–H groups in total. The molecule has 5 nitrogen and oxygen atoms in total. The molecule has 6 heteroatoms. The second-order valence-electron chi connectivity index (χ2n) is 5.01. The molecule has 0 bridgehead atoms. The van der Waals surface area contributed by atoms with Crippen molar-refractivity contribution in [2.75, 3.05) is 25.1 Å². The molecule has 0 aromatic heterocycles. The van der Waals surface area contributed by atoms with Gasteiger partial charge in [-0.15, -0.1) is 0 Å². The molecule has 1 saturated heterocycles. The summed E-state index contributed by atoms with van der Waals surface area (Å²) in [5.74, 6) is 0. The van der Waals surface area contributed by atoms with E-state index >= 15 is 0 Å². The highest BCUT2D eigenvalue weighted by Crippen LogP contribution is 2.38. The smallest absolute Gasteiger partial charge is 0.294 e. The van der Waals surface area contributed by atoms with Gasteiger partial charge in [0.05, 0.1) is 15.5 Å². The van der Waals surface area contributed by atoms with Crippen LogP contribution >= 0.6 is 11.6 Å². The molecule has 0 aliphatic carbocycles. The summed E-state index contributed by atoms with van der Waals surface area (Å²) in [7, 11) is 1.70. The van der Waals surface area contributed by atoms with Gasteiger partial charge in [0.2, 0.25) is 0 Å². The van der Waals surface area contributed by atoms with Crippen LogP contribution in [0.3, 0.4) is 0 Å². The van der Waals surface area contributed by atoms with Crippen LogP contribution in [0, 0.1) is 10.1 Å². The van der Waals surface area contributed by atoms with E-state index in [1.165, 1.54) is 6.07 Å². The van der Waals surface area contributed by atoms with Gasteiger partial charge in [0.1, 0.15) is 5.69 Å². The van der Waals surface area contributed by atoms with E-state index in [1.807, 2.05) is 4.90 Å². The third kappa shape index (κ3) is 2.82. The monoisotopic (exact) mass is 284 g/mol. The maximum Gasteiger partial charge on any atom is 0.294 e.